The molecular formula is C42H39Cl3N14OP2. The van der Waals surface area contributed by atoms with Crippen LogP contribution in [-0.4, -0.2) is 89.9 Å². The summed E-state index contributed by atoms with van der Waals surface area (Å²) in [4.78, 5) is 39.1. The van der Waals surface area contributed by atoms with Crippen LogP contribution in [0.1, 0.15) is 11.4 Å². The van der Waals surface area contributed by atoms with Crippen LogP contribution < -0.4 is 36.2 Å². The van der Waals surface area contributed by atoms with Gasteiger partial charge < -0.3 is 25.6 Å². The summed E-state index contributed by atoms with van der Waals surface area (Å²) in [5, 5.41) is 17.8. The molecule has 8 aromatic rings. The molecule has 1 aliphatic rings. The molecule has 0 saturated heterocycles. The van der Waals surface area contributed by atoms with E-state index in [0.29, 0.717) is 44.8 Å². The molecule has 15 nitrogen and oxygen atoms in total. The van der Waals surface area contributed by atoms with Crippen LogP contribution in [0.3, 0.4) is 0 Å². The second-order valence-corrected chi connectivity index (χ2v) is 20.5. The standard InChI is InChI=1S/C42H39Cl3N14OP2/c1-58-14-11-32-24(18-51-59(32)2)23-15-31(55-42-50-20-26(44)40(57-42)54-29-9-7-27-35(37(29)61(3)4)47-13-12-46-27)34(16-33(23)58)60-21-22-17-48-28-8-10-30(38(62(5)6)36(28)52-22)53-39-25(43)19-49-41(45)56-39/h7-10,12-13,15-20H,11,14,21H2,1-6H3,(H,49,53,56)(H2,50,54,55,57). The van der Waals surface area contributed by atoms with Crippen LogP contribution >= 0.6 is 50.6 Å². The molecule has 0 unspecified atom stereocenters. The predicted molar refractivity (Wildman–Crippen MR) is 255 cm³/mol. The third-order valence-electron chi connectivity index (χ3n) is 10.4. The maximum atomic E-state index is 6.76. The molecule has 3 aromatic carbocycles. The van der Waals surface area contributed by atoms with Gasteiger partial charge in [0.1, 0.15) is 22.4 Å². The zero-order valence-electron chi connectivity index (χ0n) is 34.4. The summed E-state index contributed by atoms with van der Waals surface area (Å²) in [6, 6.07) is 11.9. The summed E-state index contributed by atoms with van der Waals surface area (Å²) >= 11 is 19.3. The Morgan fingerprint density at radius 1 is 0.677 bits per heavy atom. The van der Waals surface area contributed by atoms with Gasteiger partial charge in [0.25, 0.3) is 0 Å². The number of likely N-dealkylation sites (N-methyl/N-ethyl adjacent to an activating group) is 1. The van der Waals surface area contributed by atoms with E-state index in [4.69, 9.17) is 54.5 Å². The lowest BCUT2D eigenvalue weighted by Crippen LogP contribution is -2.20. The van der Waals surface area contributed by atoms with Gasteiger partial charge in [-0.05, 0) is 68.6 Å². The molecule has 0 aliphatic carbocycles. The van der Waals surface area contributed by atoms with E-state index in [9.17, 15) is 0 Å². The van der Waals surface area contributed by atoms with Gasteiger partial charge in [0.05, 0.1) is 58.2 Å². The smallest absolute Gasteiger partial charge is 0.229 e. The number of ether oxygens (including phenoxy) is 1. The molecular weight excluding hydrogens is 885 g/mol. The number of hydrogen-bond acceptors (Lipinski definition) is 14. The fourth-order valence-electron chi connectivity index (χ4n) is 7.47. The zero-order valence-corrected chi connectivity index (χ0v) is 38.5. The minimum absolute atomic E-state index is 0.0878. The molecule has 0 atom stereocenters. The average molecular weight is 924 g/mol. The summed E-state index contributed by atoms with van der Waals surface area (Å²) in [6.45, 7) is 9.59. The monoisotopic (exact) mass is 922 g/mol. The number of nitrogens with one attached hydrogen (secondary N) is 3. The molecule has 0 spiro atoms. The van der Waals surface area contributed by atoms with Crippen molar-refractivity contribution in [3.8, 4) is 16.9 Å². The number of hydrogen-bond donors (Lipinski definition) is 3. The van der Waals surface area contributed by atoms with Gasteiger partial charge in [-0.25, -0.2) is 15.0 Å². The molecule has 9 rings (SSSR count). The van der Waals surface area contributed by atoms with E-state index in [0.717, 1.165) is 79.5 Å². The SMILES string of the molecule is CN1CCc2c(cnn2C)-c2cc(Nc3ncc(Cl)c(Nc4ccc5nccnc5c4P(C)C)n3)c(OCc3cnc4ccc(Nc5nc(Cl)ncc5Cl)c(P(C)C)c4n3)cc21. The lowest BCUT2D eigenvalue weighted by molar-refractivity contribution is 0.303. The van der Waals surface area contributed by atoms with Crippen molar-refractivity contribution in [2.45, 2.75) is 13.0 Å². The van der Waals surface area contributed by atoms with Gasteiger partial charge in [0.15, 0.2) is 11.6 Å². The first-order valence-electron chi connectivity index (χ1n) is 19.3. The largest absolute Gasteiger partial charge is 0.485 e. The molecule has 0 bridgehead atoms. The summed E-state index contributed by atoms with van der Waals surface area (Å²) in [6.07, 6.45) is 10.9. The number of aromatic nitrogens is 10. The van der Waals surface area contributed by atoms with E-state index in [1.807, 2.05) is 48.3 Å². The number of rotatable bonds is 11. The molecule has 1 aliphatic heterocycles. The van der Waals surface area contributed by atoms with E-state index in [2.05, 4.69) is 90.6 Å². The van der Waals surface area contributed by atoms with Gasteiger partial charge in [-0.1, -0.05) is 39.0 Å². The summed E-state index contributed by atoms with van der Waals surface area (Å²) in [5.41, 5.74) is 10.3. The first-order valence-corrected chi connectivity index (χ1v) is 24.9. The average Bonchev–Trinajstić information content (AvgIpc) is 3.56. The number of aryl methyl sites for hydroxylation is 1. The Morgan fingerprint density at radius 3 is 2.10 bits per heavy atom. The van der Waals surface area contributed by atoms with Gasteiger partial charge in [0, 0.05) is 90.0 Å². The Kier molecular flexibility index (Phi) is 11.7. The first-order chi connectivity index (χ1) is 29.9. The number of halogens is 3. The summed E-state index contributed by atoms with van der Waals surface area (Å²) in [7, 11) is 2.80. The normalized spacial score (nSPS) is 12.5. The van der Waals surface area contributed by atoms with Crippen LogP contribution in [0, 0.1) is 0 Å². The number of fused-ring (bicyclic) bond motifs is 5. The third-order valence-corrected chi connectivity index (χ3v) is 13.8. The number of benzene rings is 3. The fraction of sp³-hybridized carbons (Fsp3) is 0.214. The van der Waals surface area contributed by atoms with Crippen LogP contribution in [-0.2, 0) is 20.1 Å². The van der Waals surface area contributed by atoms with Gasteiger partial charge >= 0.3 is 0 Å². The molecule has 5 aromatic heterocycles. The van der Waals surface area contributed by atoms with Crippen molar-refractivity contribution < 1.29 is 4.74 Å². The lowest BCUT2D eigenvalue weighted by Gasteiger charge is -2.23. The molecule has 20 heteroatoms. The Balaban J connectivity index is 1.08. The van der Waals surface area contributed by atoms with Crippen molar-refractivity contribution in [2.75, 3.05) is 61.1 Å². The fourth-order valence-corrected chi connectivity index (χ4v) is 10.3. The highest BCUT2D eigenvalue weighted by molar-refractivity contribution is 7.65. The van der Waals surface area contributed by atoms with Gasteiger partial charge in [-0.15, -0.1) is 0 Å². The maximum Gasteiger partial charge on any atom is 0.229 e. The topological polar surface area (TPSA) is 170 Å². The molecule has 0 fully saturated rings. The van der Waals surface area contributed by atoms with Crippen molar-refractivity contribution in [3.63, 3.8) is 0 Å². The molecule has 6 heterocycles. The van der Waals surface area contributed by atoms with Gasteiger partial charge in [-0.3, -0.25) is 19.6 Å². The quantitative estimate of drug-likeness (QED) is 0.0830. The third kappa shape index (κ3) is 8.23. The molecule has 0 amide bonds. The Hall–Kier alpha value is -5.56. The van der Waals surface area contributed by atoms with Crippen molar-refractivity contribution >= 4 is 124 Å². The molecule has 62 heavy (non-hydrogen) atoms. The molecule has 0 saturated carbocycles. The molecule has 0 radical (unpaired) electrons. The van der Waals surface area contributed by atoms with Crippen molar-refractivity contribution in [1.29, 1.82) is 0 Å². The second-order valence-electron chi connectivity index (χ2n) is 14.9. The van der Waals surface area contributed by atoms with Crippen LogP contribution in [0.4, 0.5) is 40.3 Å². The second kappa shape index (κ2) is 17.3. The van der Waals surface area contributed by atoms with E-state index >= 15 is 0 Å². The molecule has 3 N–H and O–H groups in total. The van der Waals surface area contributed by atoms with Crippen molar-refractivity contribution in [3.05, 3.63) is 100 Å². The predicted octanol–water partition coefficient (Wildman–Crippen LogP) is 9.05. The zero-order chi connectivity index (χ0) is 43.2. The van der Waals surface area contributed by atoms with Gasteiger partial charge in [-0.2, -0.15) is 15.1 Å². The first kappa shape index (κ1) is 41.8. The van der Waals surface area contributed by atoms with Crippen molar-refractivity contribution in [1.82, 2.24) is 49.7 Å². The van der Waals surface area contributed by atoms with Gasteiger partial charge in [0.2, 0.25) is 11.2 Å². The van der Waals surface area contributed by atoms with E-state index in [1.165, 1.54) is 6.20 Å². The van der Waals surface area contributed by atoms with Crippen LogP contribution in [0.5, 0.6) is 5.75 Å². The lowest BCUT2D eigenvalue weighted by atomic mass is 10.0. The summed E-state index contributed by atoms with van der Waals surface area (Å²) < 4.78 is 8.64. The highest BCUT2D eigenvalue weighted by Gasteiger charge is 2.25. The number of anilines is 7. The summed E-state index contributed by atoms with van der Waals surface area (Å²) in [5.74, 6) is 1.72. The van der Waals surface area contributed by atoms with E-state index in [-0.39, 0.29) is 11.9 Å². The Bertz CT molecular complexity index is 3020. The Morgan fingerprint density at radius 2 is 1.35 bits per heavy atom. The van der Waals surface area contributed by atoms with Crippen molar-refractivity contribution in [2.24, 2.45) is 7.05 Å². The number of nitrogens with zero attached hydrogens (tertiary/aromatic N) is 11. The highest BCUT2D eigenvalue weighted by Crippen LogP contribution is 2.44. The minimum Gasteiger partial charge on any atom is -0.485 e. The minimum atomic E-state index is -0.678. The van der Waals surface area contributed by atoms with Crippen LogP contribution in [0.15, 0.2) is 73.6 Å². The van der Waals surface area contributed by atoms with Crippen LogP contribution in [0.2, 0.25) is 15.3 Å². The van der Waals surface area contributed by atoms with E-state index < -0.39 is 15.8 Å². The van der Waals surface area contributed by atoms with Crippen LogP contribution in [0.25, 0.3) is 33.2 Å². The maximum absolute atomic E-state index is 6.76. The highest BCUT2D eigenvalue weighted by atomic mass is 35.5. The van der Waals surface area contributed by atoms with E-state index in [1.54, 1.807) is 24.8 Å². The Labute approximate surface area is 374 Å². The molecule has 314 valence electrons.